The van der Waals surface area contributed by atoms with Gasteiger partial charge in [-0.1, -0.05) is 12.2 Å². The van der Waals surface area contributed by atoms with Crippen LogP contribution in [0.2, 0.25) is 0 Å². The average Bonchev–Trinajstić information content (AvgIpc) is 1.86. The molecule has 0 aromatic rings. The molecule has 0 unspecified atom stereocenters. The quantitative estimate of drug-likeness (QED) is 0.459. The molecule has 0 saturated heterocycles. The van der Waals surface area contributed by atoms with E-state index in [1.165, 1.54) is 0 Å². The van der Waals surface area contributed by atoms with Crippen molar-refractivity contribution in [2.75, 3.05) is 0 Å². The van der Waals surface area contributed by atoms with E-state index in [-0.39, 0.29) is 5.60 Å². The second-order valence-electron chi connectivity index (χ2n) is 2.30. The SMILES string of the molecule is CC1(C)OC=CC1=S. The first kappa shape index (κ1) is 5.76. The molecule has 0 aromatic heterocycles. The molecule has 44 valence electrons. The van der Waals surface area contributed by atoms with Crippen molar-refractivity contribution in [3.05, 3.63) is 12.3 Å². The van der Waals surface area contributed by atoms with Crippen molar-refractivity contribution in [3.8, 4) is 0 Å². The van der Waals surface area contributed by atoms with Crippen LogP contribution in [0.5, 0.6) is 0 Å². The Labute approximate surface area is 54.3 Å². The van der Waals surface area contributed by atoms with Gasteiger partial charge in [0.2, 0.25) is 0 Å². The van der Waals surface area contributed by atoms with Crippen LogP contribution in [0.1, 0.15) is 13.8 Å². The average molecular weight is 128 g/mol. The van der Waals surface area contributed by atoms with Crippen molar-refractivity contribution < 1.29 is 4.74 Å². The fourth-order valence-corrected chi connectivity index (χ4v) is 0.628. The molecule has 0 amide bonds. The van der Waals surface area contributed by atoms with Gasteiger partial charge in [0.05, 0.1) is 11.1 Å². The third kappa shape index (κ3) is 0.757. The molecule has 0 spiro atoms. The largest absolute Gasteiger partial charge is 0.490 e. The van der Waals surface area contributed by atoms with Gasteiger partial charge in [-0.3, -0.25) is 0 Å². The summed E-state index contributed by atoms with van der Waals surface area (Å²) in [5, 5.41) is 0. The van der Waals surface area contributed by atoms with Gasteiger partial charge >= 0.3 is 0 Å². The summed E-state index contributed by atoms with van der Waals surface area (Å²) in [6, 6.07) is 0. The molecule has 1 heterocycles. The molecule has 0 bridgehead atoms. The maximum absolute atomic E-state index is 5.13. The summed E-state index contributed by atoms with van der Waals surface area (Å²) >= 11 is 4.94. The number of rotatable bonds is 0. The molecule has 0 N–H and O–H groups in total. The molecule has 1 nitrogen and oxygen atoms in total. The standard InChI is InChI=1S/C6H8OS/c1-6(2)5(8)3-4-7-6/h3-4H,1-2H3. The van der Waals surface area contributed by atoms with Gasteiger partial charge in [-0.25, -0.2) is 0 Å². The molecule has 0 fully saturated rings. The first-order valence-electron chi connectivity index (χ1n) is 2.52. The minimum absolute atomic E-state index is 0.227. The third-order valence-electron chi connectivity index (χ3n) is 1.18. The highest BCUT2D eigenvalue weighted by Crippen LogP contribution is 2.18. The number of thiocarbonyl (C=S) groups is 1. The Morgan fingerprint density at radius 2 is 2.25 bits per heavy atom. The van der Waals surface area contributed by atoms with Crippen molar-refractivity contribution in [1.82, 2.24) is 0 Å². The van der Waals surface area contributed by atoms with E-state index in [2.05, 4.69) is 0 Å². The van der Waals surface area contributed by atoms with Crippen molar-refractivity contribution in [3.63, 3.8) is 0 Å². The lowest BCUT2D eigenvalue weighted by molar-refractivity contribution is 0.138. The van der Waals surface area contributed by atoms with Crippen LogP contribution in [0.15, 0.2) is 12.3 Å². The highest BCUT2D eigenvalue weighted by Gasteiger charge is 2.25. The summed E-state index contributed by atoms with van der Waals surface area (Å²) in [4.78, 5) is 0.873. The van der Waals surface area contributed by atoms with Crippen LogP contribution in [0.3, 0.4) is 0 Å². The summed E-state index contributed by atoms with van der Waals surface area (Å²) in [5.41, 5.74) is -0.227. The zero-order valence-corrected chi connectivity index (χ0v) is 5.79. The Hall–Kier alpha value is -0.370. The van der Waals surface area contributed by atoms with Crippen LogP contribution in [-0.2, 0) is 4.74 Å². The molecule has 0 saturated carbocycles. The third-order valence-corrected chi connectivity index (χ3v) is 1.80. The topological polar surface area (TPSA) is 9.23 Å². The van der Waals surface area contributed by atoms with Crippen LogP contribution in [0, 0.1) is 0 Å². The summed E-state index contributed by atoms with van der Waals surface area (Å²) in [5.74, 6) is 0. The molecule has 2 heteroatoms. The van der Waals surface area contributed by atoms with Gasteiger partial charge in [0.25, 0.3) is 0 Å². The van der Waals surface area contributed by atoms with E-state index in [4.69, 9.17) is 17.0 Å². The van der Waals surface area contributed by atoms with Crippen LogP contribution in [0.25, 0.3) is 0 Å². The summed E-state index contributed by atoms with van der Waals surface area (Å²) in [7, 11) is 0. The summed E-state index contributed by atoms with van der Waals surface area (Å²) in [6.45, 7) is 3.91. The van der Waals surface area contributed by atoms with Gasteiger partial charge in [-0.05, 0) is 19.9 Å². The lowest BCUT2D eigenvalue weighted by Crippen LogP contribution is -2.25. The fourth-order valence-electron chi connectivity index (χ4n) is 0.525. The molecule has 1 aliphatic heterocycles. The van der Waals surface area contributed by atoms with E-state index in [9.17, 15) is 0 Å². The van der Waals surface area contributed by atoms with Gasteiger partial charge in [-0.2, -0.15) is 0 Å². The van der Waals surface area contributed by atoms with E-state index in [0.29, 0.717) is 0 Å². The van der Waals surface area contributed by atoms with Gasteiger partial charge < -0.3 is 4.74 Å². The Morgan fingerprint density at radius 3 is 2.38 bits per heavy atom. The van der Waals surface area contributed by atoms with E-state index in [0.717, 1.165) is 4.86 Å². The predicted octanol–water partition coefficient (Wildman–Crippen LogP) is 1.68. The van der Waals surface area contributed by atoms with E-state index < -0.39 is 0 Å². The van der Waals surface area contributed by atoms with Crippen LogP contribution in [-0.4, -0.2) is 10.5 Å². The molecule has 0 aliphatic carbocycles. The molecule has 1 rings (SSSR count). The first-order chi connectivity index (χ1) is 3.63. The zero-order valence-electron chi connectivity index (χ0n) is 4.97. The Bertz CT molecular complexity index is 147. The van der Waals surface area contributed by atoms with Crippen molar-refractivity contribution in [1.29, 1.82) is 0 Å². The van der Waals surface area contributed by atoms with Gasteiger partial charge in [0.1, 0.15) is 5.60 Å². The van der Waals surface area contributed by atoms with E-state index >= 15 is 0 Å². The smallest absolute Gasteiger partial charge is 0.137 e. The monoisotopic (exact) mass is 128 g/mol. The maximum atomic E-state index is 5.13. The van der Waals surface area contributed by atoms with Gasteiger partial charge in [-0.15, -0.1) is 0 Å². The Balaban J connectivity index is 2.79. The van der Waals surface area contributed by atoms with Crippen molar-refractivity contribution in [2.24, 2.45) is 0 Å². The second-order valence-corrected chi connectivity index (χ2v) is 2.73. The molecule has 0 radical (unpaired) electrons. The maximum Gasteiger partial charge on any atom is 0.137 e. The number of ether oxygens (including phenoxy) is 1. The molecular weight excluding hydrogens is 120 g/mol. The molecule has 1 aliphatic rings. The van der Waals surface area contributed by atoms with Crippen LogP contribution in [0.4, 0.5) is 0 Å². The number of hydrogen-bond acceptors (Lipinski definition) is 2. The fraction of sp³-hybridized carbons (Fsp3) is 0.500. The van der Waals surface area contributed by atoms with Crippen LogP contribution < -0.4 is 0 Å². The van der Waals surface area contributed by atoms with Crippen molar-refractivity contribution >= 4 is 17.1 Å². The molecule has 8 heavy (non-hydrogen) atoms. The highest BCUT2D eigenvalue weighted by atomic mass is 32.1. The Kier molecular flexibility index (Phi) is 1.12. The minimum atomic E-state index is -0.227. The first-order valence-corrected chi connectivity index (χ1v) is 2.92. The Morgan fingerprint density at radius 1 is 1.62 bits per heavy atom. The van der Waals surface area contributed by atoms with Crippen LogP contribution >= 0.6 is 12.2 Å². The predicted molar refractivity (Wildman–Crippen MR) is 36.9 cm³/mol. The number of hydrogen-bond donors (Lipinski definition) is 0. The summed E-state index contributed by atoms with van der Waals surface area (Å²) in [6.07, 6.45) is 3.46. The summed E-state index contributed by atoms with van der Waals surface area (Å²) < 4.78 is 5.13. The van der Waals surface area contributed by atoms with Gasteiger partial charge in [0, 0.05) is 0 Å². The van der Waals surface area contributed by atoms with E-state index in [1.807, 2.05) is 19.9 Å². The minimum Gasteiger partial charge on any atom is -0.490 e. The van der Waals surface area contributed by atoms with Crippen molar-refractivity contribution in [2.45, 2.75) is 19.4 Å². The normalized spacial score (nSPS) is 23.5. The van der Waals surface area contributed by atoms with E-state index in [1.54, 1.807) is 6.26 Å². The van der Waals surface area contributed by atoms with Gasteiger partial charge in [0.15, 0.2) is 0 Å². The molecular formula is C6H8OS. The lowest BCUT2D eigenvalue weighted by Gasteiger charge is -2.16. The molecule has 0 atom stereocenters. The molecule has 0 aromatic carbocycles. The second kappa shape index (κ2) is 1.55. The zero-order chi connectivity index (χ0) is 6.20. The lowest BCUT2D eigenvalue weighted by atomic mass is 10.1. The highest BCUT2D eigenvalue weighted by molar-refractivity contribution is 7.81.